The smallest absolute Gasteiger partial charge is 0.280 e. The molecule has 5 rings (SSSR count). The molecule has 8 N–H and O–H groups in total. The van der Waals surface area contributed by atoms with Crippen LogP contribution in [-0.2, 0) is 29.2 Å². The topological polar surface area (TPSA) is 195 Å². The molecule has 3 atom stereocenters. The number of carbonyl (C=O) groups excluding carboxylic acids is 2. The van der Waals surface area contributed by atoms with Crippen molar-refractivity contribution in [3.63, 3.8) is 0 Å². The number of hydrogen-bond acceptors (Lipinski definition) is 11. The molecule has 46 heavy (non-hydrogen) atoms. The van der Waals surface area contributed by atoms with Crippen molar-refractivity contribution in [2.24, 2.45) is 0 Å². The number of phenols is 3. The molecule has 0 aromatic heterocycles. The SMILES string of the molecule is C=C1NC(=O)C(O)(N2Cc3c(NCc4c(O)c(O)c(CN5CCOCC5)c(O)c4F)cccc3C2=O)C(C)(O)C1(C)O.CC.CC. The predicted octanol–water partition coefficient (Wildman–Crippen LogP) is 2.23. The van der Waals surface area contributed by atoms with E-state index in [9.17, 15) is 40.2 Å². The molecule has 13 nitrogen and oxygen atoms in total. The lowest BCUT2D eigenvalue weighted by atomic mass is 9.71. The molecule has 14 heteroatoms. The number of halogens is 1. The summed E-state index contributed by atoms with van der Waals surface area (Å²) in [6, 6.07) is 4.44. The van der Waals surface area contributed by atoms with Gasteiger partial charge in [0.25, 0.3) is 17.5 Å². The lowest BCUT2D eigenvalue weighted by Crippen LogP contribution is -2.81. The molecular weight excluding hydrogens is 603 g/mol. The molecule has 2 aromatic carbocycles. The highest BCUT2D eigenvalue weighted by Crippen LogP contribution is 2.46. The van der Waals surface area contributed by atoms with Crippen molar-refractivity contribution >= 4 is 17.5 Å². The van der Waals surface area contributed by atoms with E-state index >= 15 is 4.39 Å². The highest BCUT2D eigenvalue weighted by Gasteiger charge is 2.70. The molecule has 2 saturated heterocycles. The first kappa shape index (κ1) is 36.5. The fraction of sp³-hybridized carbons (Fsp3) is 0.500. The zero-order chi connectivity index (χ0) is 34.8. The fourth-order valence-corrected chi connectivity index (χ4v) is 5.60. The number of nitrogens with one attached hydrogen (secondary N) is 2. The number of hydrogen-bond donors (Lipinski definition) is 8. The van der Waals surface area contributed by atoms with Crippen molar-refractivity contribution in [2.45, 2.75) is 78.1 Å². The second-order valence-electron chi connectivity index (χ2n) is 11.0. The van der Waals surface area contributed by atoms with Crippen LogP contribution in [0.3, 0.4) is 0 Å². The summed E-state index contributed by atoms with van der Waals surface area (Å²) < 4.78 is 20.6. The van der Waals surface area contributed by atoms with Gasteiger partial charge in [-0.1, -0.05) is 40.3 Å². The number of amides is 2. The van der Waals surface area contributed by atoms with Crippen molar-refractivity contribution in [3.8, 4) is 17.2 Å². The maximum atomic E-state index is 15.3. The molecular formula is C32H45FN4O9. The molecule has 2 fully saturated rings. The maximum Gasteiger partial charge on any atom is 0.280 e. The van der Waals surface area contributed by atoms with Gasteiger partial charge in [-0.2, -0.15) is 0 Å². The van der Waals surface area contributed by atoms with Gasteiger partial charge in [0.15, 0.2) is 28.7 Å². The van der Waals surface area contributed by atoms with Crippen molar-refractivity contribution in [3.05, 3.63) is 58.5 Å². The normalized spacial score (nSPS) is 26.0. The van der Waals surface area contributed by atoms with Crippen LogP contribution in [-0.4, -0.2) is 95.5 Å². The number of aliphatic hydroxyl groups is 3. The van der Waals surface area contributed by atoms with Gasteiger partial charge in [-0.15, -0.1) is 0 Å². The summed E-state index contributed by atoms with van der Waals surface area (Å²) in [6.07, 6.45) is 0. The van der Waals surface area contributed by atoms with E-state index in [0.29, 0.717) is 26.3 Å². The monoisotopic (exact) mass is 648 g/mol. The van der Waals surface area contributed by atoms with E-state index in [4.69, 9.17) is 4.74 Å². The molecule has 3 aliphatic rings. The molecule has 3 unspecified atom stereocenters. The van der Waals surface area contributed by atoms with Gasteiger partial charge in [-0.25, -0.2) is 4.39 Å². The highest BCUT2D eigenvalue weighted by molar-refractivity contribution is 6.04. The van der Waals surface area contributed by atoms with Crippen LogP contribution in [0.15, 0.2) is 30.5 Å². The maximum absolute atomic E-state index is 15.3. The second kappa shape index (κ2) is 13.8. The fourth-order valence-electron chi connectivity index (χ4n) is 5.60. The zero-order valence-corrected chi connectivity index (χ0v) is 27.1. The summed E-state index contributed by atoms with van der Waals surface area (Å²) in [4.78, 5) is 28.9. The molecule has 0 bridgehead atoms. The average molecular weight is 649 g/mol. The third-order valence-corrected chi connectivity index (χ3v) is 8.65. The number of phenolic OH excluding ortho intramolecular Hbond substituents is 3. The van der Waals surface area contributed by atoms with Crippen LogP contribution >= 0.6 is 0 Å². The molecule has 0 radical (unpaired) electrons. The standard InChI is InChI=1S/C28H33FN4O9.2C2H6/c1-14-26(2,39)27(3,40)28(41,25(38)31-14)33-13-17-15(24(33)37)5-4-6-19(17)30-11-16-20(29)21(34)18(23(36)22(16)35)12-32-7-9-42-10-8-32;2*1-2/h4-6,30,34-36,39-41H,1,7-13H2,2-3H3,(H,31,38);2*1-2H3. The number of rotatable bonds is 6. The number of benzene rings is 2. The van der Waals surface area contributed by atoms with E-state index in [1.54, 1.807) is 0 Å². The Morgan fingerprint density at radius 1 is 0.978 bits per heavy atom. The van der Waals surface area contributed by atoms with Gasteiger partial charge in [-0.3, -0.25) is 19.4 Å². The first-order chi connectivity index (χ1) is 21.6. The minimum Gasteiger partial charge on any atom is -0.504 e. The Labute approximate surface area is 267 Å². The molecule has 3 heterocycles. The van der Waals surface area contributed by atoms with Crippen molar-refractivity contribution in [1.29, 1.82) is 0 Å². The Morgan fingerprint density at radius 2 is 1.57 bits per heavy atom. The Balaban J connectivity index is 0.00000139. The minimum atomic E-state index is -2.91. The molecule has 254 valence electrons. The summed E-state index contributed by atoms with van der Waals surface area (Å²) in [5.41, 5.74) is -8.02. The van der Waals surface area contributed by atoms with E-state index in [1.807, 2.05) is 32.6 Å². The Hall–Kier alpha value is -3.95. The average Bonchev–Trinajstić information content (AvgIpc) is 3.40. The summed E-state index contributed by atoms with van der Waals surface area (Å²) in [6.45, 7) is 14.7. The van der Waals surface area contributed by atoms with Crippen LogP contribution < -0.4 is 10.6 Å². The number of nitrogens with zero attached hydrogens (tertiary/aromatic N) is 2. The van der Waals surface area contributed by atoms with Crippen LogP contribution in [0.2, 0.25) is 0 Å². The van der Waals surface area contributed by atoms with Crippen LogP contribution in [0.5, 0.6) is 17.2 Å². The van der Waals surface area contributed by atoms with Gasteiger partial charge < -0.3 is 46.0 Å². The Bertz CT molecular complexity index is 1460. The minimum absolute atomic E-state index is 0.0101. The summed E-state index contributed by atoms with van der Waals surface area (Å²) >= 11 is 0. The van der Waals surface area contributed by atoms with Crippen LogP contribution in [0.4, 0.5) is 10.1 Å². The number of fused-ring (bicyclic) bond motifs is 1. The van der Waals surface area contributed by atoms with Crippen molar-refractivity contribution in [2.75, 3.05) is 31.6 Å². The molecule has 2 amide bonds. The third kappa shape index (κ3) is 5.75. The van der Waals surface area contributed by atoms with E-state index in [-0.39, 0.29) is 34.6 Å². The summed E-state index contributed by atoms with van der Waals surface area (Å²) in [5.74, 6) is -5.38. The number of morpholine rings is 1. The molecule has 2 aromatic rings. The molecule has 0 spiro atoms. The van der Waals surface area contributed by atoms with E-state index in [1.165, 1.54) is 18.2 Å². The van der Waals surface area contributed by atoms with E-state index in [0.717, 1.165) is 18.7 Å². The second-order valence-corrected chi connectivity index (χ2v) is 11.0. The number of aromatic hydroxyl groups is 3. The first-order valence-electron chi connectivity index (χ1n) is 15.2. The molecule has 0 aliphatic carbocycles. The van der Waals surface area contributed by atoms with Crippen LogP contribution in [0.1, 0.15) is 68.6 Å². The van der Waals surface area contributed by atoms with Gasteiger partial charge in [0, 0.05) is 48.7 Å². The third-order valence-electron chi connectivity index (χ3n) is 8.65. The number of ether oxygens (including phenoxy) is 1. The zero-order valence-electron chi connectivity index (χ0n) is 27.1. The van der Waals surface area contributed by atoms with E-state index < -0.39 is 70.5 Å². The van der Waals surface area contributed by atoms with Gasteiger partial charge >= 0.3 is 0 Å². The Morgan fingerprint density at radius 3 is 2.17 bits per heavy atom. The van der Waals surface area contributed by atoms with Crippen LogP contribution in [0.25, 0.3) is 0 Å². The lowest BCUT2D eigenvalue weighted by Gasteiger charge is -2.55. The Kier molecular flexibility index (Phi) is 11.0. The number of piperidine rings is 1. The predicted molar refractivity (Wildman–Crippen MR) is 167 cm³/mol. The highest BCUT2D eigenvalue weighted by atomic mass is 19.1. The van der Waals surface area contributed by atoms with Gasteiger partial charge in [0.1, 0.15) is 5.60 Å². The van der Waals surface area contributed by atoms with Gasteiger partial charge in [0.2, 0.25) is 0 Å². The lowest BCUT2D eigenvalue weighted by molar-refractivity contribution is -0.266. The number of anilines is 1. The number of carbonyl (C=O) groups is 2. The summed E-state index contributed by atoms with van der Waals surface area (Å²) in [7, 11) is 0. The first-order valence-corrected chi connectivity index (χ1v) is 15.2. The molecule has 0 saturated carbocycles. The van der Waals surface area contributed by atoms with Crippen molar-refractivity contribution in [1.82, 2.24) is 15.1 Å². The molecule has 3 aliphatic heterocycles. The van der Waals surface area contributed by atoms with Crippen LogP contribution in [0, 0.1) is 5.82 Å². The summed E-state index contributed by atoms with van der Waals surface area (Å²) in [5, 5.41) is 70.5. The van der Waals surface area contributed by atoms with Crippen molar-refractivity contribution < 1.29 is 49.4 Å². The largest absolute Gasteiger partial charge is 0.504 e. The quantitative estimate of drug-likeness (QED) is 0.169. The van der Waals surface area contributed by atoms with Gasteiger partial charge in [-0.05, 0) is 26.0 Å². The van der Waals surface area contributed by atoms with Gasteiger partial charge in [0.05, 0.1) is 30.9 Å². The van der Waals surface area contributed by atoms with E-state index in [2.05, 4.69) is 17.2 Å².